The summed E-state index contributed by atoms with van der Waals surface area (Å²) in [5.41, 5.74) is 5.96. The third kappa shape index (κ3) is 8.18. The fraction of sp³-hybridized carbons (Fsp3) is 0.462. The molecule has 0 saturated heterocycles. The molecule has 168 valence electrons. The maximum atomic E-state index is 12.6. The number of hydrogen-bond acceptors (Lipinski definition) is 4. The van der Waals surface area contributed by atoms with Gasteiger partial charge in [-0.1, -0.05) is 87.9 Å². The van der Waals surface area contributed by atoms with Gasteiger partial charge in [-0.15, -0.1) is 0 Å². The Kier molecular flexibility index (Phi) is 10.2. The van der Waals surface area contributed by atoms with Crippen molar-refractivity contribution in [2.24, 2.45) is 5.73 Å². The van der Waals surface area contributed by atoms with E-state index in [9.17, 15) is 14.7 Å². The van der Waals surface area contributed by atoms with Gasteiger partial charge in [0.15, 0.2) is 11.3 Å². The summed E-state index contributed by atoms with van der Waals surface area (Å²) < 4.78 is 5.76. The first-order chi connectivity index (χ1) is 15.0. The highest BCUT2D eigenvalue weighted by atomic mass is 16.5. The van der Waals surface area contributed by atoms with Crippen LogP contribution in [0.2, 0.25) is 0 Å². The minimum atomic E-state index is -1.89. The molecule has 0 aliphatic carbocycles. The van der Waals surface area contributed by atoms with Gasteiger partial charge in [0.05, 0.1) is 0 Å². The Hall–Kier alpha value is -2.66. The molecule has 2 aromatic rings. The molecule has 0 fully saturated rings. The van der Waals surface area contributed by atoms with Gasteiger partial charge in [-0.3, -0.25) is 4.79 Å². The molecule has 3 N–H and O–H groups in total. The highest BCUT2D eigenvalue weighted by Gasteiger charge is 2.41. The number of rotatable bonds is 15. The van der Waals surface area contributed by atoms with Gasteiger partial charge in [0.25, 0.3) is 0 Å². The van der Waals surface area contributed by atoms with Gasteiger partial charge >= 0.3 is 5.97 Å². The van der Waals surface area contributed by atoms with Gasteiger partial charge in [0.2, 0.25) is 0 Å². The van der Waals surface area contributed by atoms with Crippen molar-refractivity contribution in [1.82, 2.24) is 0 Å². The summed E-state index contributed by atoms with van der Waals surface area (Å²) in [6.45, 7) is 2.63. The zero-order chi connectivity index (χ0) is 22.5. The third-order valence-electron chi connectivity index (χ3n) is 5.54. The minimum Gasteiger partial charge on any atom is -0.489 e. The average Bonchev–Trinajstić information content (AvgIpc) is 2.78. The molecule has 5 nitrogen and oxygen atoms in total. The zero-order valence-electron chi connectivity index (χ0n) is 18.5. The Morgan fingerprint density at radius 1 is 0.871 bits per heavy atom. The minimum absolute atomic E-state index is 0.0311. The van der Waals surface area contributed by atoms with E-state index in [2.05, 4.69) is 6.92 Å². The molecule has 0 aromatic heterocycles. The first-order valence-electron chi connectivity index (χ1n) is 11.3. The number of ether oxygens (including phenoxy) is 1. The van der Waals surface area contributed by atoms with Crippen LogP contribution in [0.15, 0.2) is 54.6 Å². The molecule has 5 heteroatoms. The molecule has 0 amide bonds. The molecule has 0 saturated carbocycles. The molecule has 0 radical (unpaired) electrons. The molecular formula is C26H35NO4. The van der Waals surface area contributed by atoms with E-state index in [1.54, 1.807) is 24.3 Å². The summed E-state index contributed by atoms with van der Waals surface area (Å²) in [5, 5.41) is 9.66. The van der Waals surface area contributed by atoms with Crippen molar-refractivity contribution in [3.05, 3.63) is 65.7 Å². The Bertz CT molecular complexity index is 804. The predicted molar refractivity (Wildman–Crippen MR) is 123 cm³/mol. The van der Waals surface area contributed by atoms with Crippen molar-refractivity contribution in [2.45, 2.75) is 76.9 Å². The number of carbonyl (C=O) groups is 2. The first kappa shape index (κ1) is 24.6. The number of Topliss-reactive ketones (excluding diaryl/α,β-unsaturated/α-hetero) is 1. The lowest BCUT2D eigenvalue weighted by Gasteiger charge is -2.23. The smallest absolute Gasteiger partial charge is 0.331 e. The number of benzene rings is 2. The first-order valence-corrected chi connectivity index (χ1v) is 11.3. The number of hydrogen-bond donors (Lipinski definition) is 2. The second-order valence-electron chi connectivity index (χ2n) is 8.17. The number of carbonyl (C=O) groups excluding carboxylic acids is 1. The number of aliphatic carboxylic acids is 1. The van der Waals surface area contributed by atoms with Gasteiger partial charge in [0, 0.05) is 12.8 Å². The van der Waals surface area contributed by atoms with Gasteiger partial charge in [-0.2, -0.15) is 0 Å². The topological polar surface area (TPSA) is 89.6 Å². The highest BCUT2D eigenvalue weighted by molar-refractivity contribution is 6.07. The van der Waals surface area contributed by atoms with Crippen LogP contribution in [-0.2, 0) is 22.6 Å². The van der Waals surface area contributed by atoms with Crippen molar-refractivity contribution in [2.75, 3.05) is 0 Å². The van der Waals surface area contributed by atoms with E-state index in [1.807, 2.05) is 30.3 Å². The van der Waals surface area contributed by atoms with Crippen LogP contribution in [0.4, 0.5) is 0 Å². The Balaban J connectivity index is 1.86. The number of nitrogens with two attached hydrogens (primary N) is 1. The molecular weight excluding hydrogens is 390 g/mol. The number of carboxylic acid groups (broad SMARTS) is 1. The molecule has 2 rings (SSSR count). The summed E-state index contributed by atoms with van der Waals surface area (Å²) in [4.78, 5) is 24.5. The van der Waals surface area contributed by atoms with Crippen molar-refractivity contribution >= 4 is 11.8 Å². The van der Waals surface area contributed by atoms with Gasteiger partial charge in [-0.25, -0.2) is 4.79 Å². The largest absolute Gasteiger partial charge is 0.489 e. The summed E-state index contributed by atoms with van der Waals surface area (Å²) in [7, 11) is 0. The summed E-state index contributed by atoms with van der Waals surface area (Å²) in [6.07, 6.45) is 7.67. The lowest BCUT2D eigenvalue weighted by atomic mass is 9.85. The summed E-state index contributed by atoms with van der Waals surface area (Å²) >= 11 is 0. The van der Waals surface area contributed by atoms with Crippen LogP contribution >= 0.6 is 0 Å². The standard InChI is InChI=1S/C26H35NO4/c1-2-3-4-5-6-7-11-14-24(28)26(27,25(29)30)19-21-15-17-23(18-16-21)31-20-22-12-9-8-10-13-22/h8-10,12-13,15-18H,2-7,11,14,19-20,27H2,1H3,(H,29,30). The van der Waals surface area contributed by atoms with E-state index < -0.39 is 17.3 Å². The third-order valence-corrected chi connectivity index (χ3v) is 5.54. The van der Waals surface area contributed by atoms with Crippen LogP contribution in [0, 0.1) is 0 Å². The molecule has 31 heavy (non-hydrogen) atoms. The van der Waals surface area contributed by atoms with Crippen LogP contribution in [-0.4, -0.2) is 22.4 Å². The van der Waals surface area contributed by atoms with Crippen LogP contribution in [0.1, 0.15) is 69.4 Å². The monoisotopic (exact) mass is 425 g/mol. The maximum Gasteiger partial charge on any atom is 0.331 e. The van der Waals surface area contributed by atoms with Gasteiger partial charge < -0.3 is 15.6 Å². The Morgan fingerprint density at radius 3 is 2.10 bits per heavy atom. The van der Waals surface area contributed by atoms with E-state index >= 15 is 0 Å². The molecule has 0 aliphatic heterocycles. The molecule has 0 bridgehead atoms. The maximum absolute atomic E-state index is 12.6. The number of carboxylic acids is 1. The summed E-state index contributed by atoms with van der Waals surface area (Å²) in [5.74, 6) is -0.997. The quantitative estimate of drug-likeness (QED) is 0.298. The fourth-order valence-corrected chi connectivity index (χ4v) is 3.53. The highest BCUT2D eigenvalue weighted by Crippen LogP contribution is 2.20. The van der Waals surface area contributed by atoms with E-state index in [-0.39, 0.29) is 12.8 Å². The second-order valence-corrected chi connectivity index (χ2v) is 8.17. The normalized spacial score (nSPS) is 12.8. The molecule has 0 aliphatic rings. The average molecular weight is 426 g/mol. The van der Waals surface area contributed by atoms with Gasteiger partial charge in [-0.05, 0) is 29.7 Å². The lowest BCUT2D eigenvalue weighted by molar-refractivity contribution is -0.148. The van der Waals surface area contributed by atoms with E-state index in [1.165, 1.54) is 19.3 Å². The predicted octanol–water partition coefficient (Wildman–Crippen LogP) is 5.30. The van der Waals surface area contributed by atoms with Crippen LogP contribution in [0.5, 0.6) is 5.75 Å². The van der Waals surface area contributed by atoms with Crippen molar-refractivity contribution in [3.8, 4) is 5.75 Å². The molecule has 2 aromatic carbocycles. The fourth-order valence-electron chi connectivity index (χ4n) is 3.53. The molecule has 1 atom stereocenters. The van der Waals surface area contributed by atoms with Crippen LogP contribution < -0.4 is 10.5 Å². The lowest BCUT2D eigenvalue weighted by Crippen LogP contribution is -2.56. The number of unbranched alkanes of at least 4 members (excludes halogenated alkanes) is 6. The van der Waals surface area contributed by atoms with Crippen molar-refractivity contribution < 1.29 is 19.4 Å². The van der Waals surface area contributed by atoms with Crippen LogP contribution in [0.25, 0.3) is 0 Å². The molecule has 0 spiro atoms. The van der Waals surface area contributed by atoms with E-state index in [0.717, 1.165) is 24.8 Å². The van der Waals surface area contributed by atoms with Gasteiger partial charge in [0.1, 0.15) is 12.4 Å². The second kappa shape index (κ2) is 12.9. The van der Waals surface area contributed by atoms with E-state index in [4.69, 9.17) is 10.5 Å². The van der Waals surface area contributed by atoms with Crippen molar-refractivity contribution in [3.63, 3.8) is 0 Å². The van der Waals surface area contributed by atoms with Crippen molar-refractivity contribution in [1.29, 1.82) is 0 Å². The molecule has 1 unspecified atom stereocenters. The van der Waals surface area contributed by atoms with Crippen LogP contribution in [0.3, 0.4) is 0 Å². The summed E-state index contributed by atoms with van der Waals surface area (Å²) in [6, 6.07) is 16.9. The Labute approximate surface area is 185 Å². The number of ketones is 1. The van der Waals surface area contributed by atoms with E-state index in [0.29, 0.717) is 24.3 Å². The molecule has 0 heterocycles. The zero-order valence-corrected chi connectivity index (χ0v) is 18.5. The Morgan fingerprint density at radius 2 is 1.48 bits per heavy atom. The SMILES string of the molecule is CCCCCCCCCC(=O)C(N)(Cc1ccc(OCc2ccccc2)cc1)C(=O)O.